The van der Waals surface area contributed by atoms with E-state index in [0.717, 1.165) is 23.4 Å². The Balaban J connectivity index is 2.03. The van der Waals surface area contributed by atoms with Crippen molar-refractivity contribution in [3.63, 3.8) is 0 Å². The molecule has 1 unspecified atom stereocenters. The molecular formula is C20H26N2O3S. The third kappa shape index (κ3) is 5.26. The van der Waals surface area contributed by atoms with Crippen LogP contribution in [0.15, 0.2) is 42.5 Å². The molecule has 2 N–H and O–H groups in total. The fourth-order valence-corrected chi connectivity index (χ4v) is 2.88. The molecule has 0 bridgehead atoms. The van der Waals surface area contributed by atoms with Gasteiger partial charge in [-0.05, 0) is 67.5 Å². The SMILES string of the molecule is CCOc1ccc(NC(=S)NC(CC)c2ccc(OC)c(OC)c2)cc1. The molecule has 1 atom stereocenters. The summed E-state index contributed by atoms with van der Waals surface area (Å²) in [6.45, 7) is 4.72. The average molecular weight is 375 g/mol. The average Bonchev–Trinajstić information content (AvgIpc) is 2.67. The van der Waals surface area contributed by atoms with E-state index in [1.54, 1.807) is 14.2 Å². The van der Waals surface area contributed by atoms with Crippen molar-refractivity contribution < 1.29 is 14.2 Å². The van der Waals surface area contributed by atoms with Gasteiger partial charge in [0, 0.05) is 5.69 Å². The molecule has 26 heavy (non-hydrogen) atoms. The number of ether oxygens (including phenoxy) is 3. The van der Waals surface area contributed by atoms with Crippen molar-refractivity contribution in [1.82, 2.24) is 5.32 Å². The Labute approximate surface area is 160 Å². The summed E-state index contributed by atoms with van der Waals surface area (Å²) in [7, 11) is 3.26. The van der Waals surface area contributed by atoms with Gasteiger partial charge in [0.1, 0.15) is 5.75 Å². The first-order chi connectivity index (χ1) is 12.6. The lowest BCUT2D eigenvalue weighted by Crippen LogP contribution is -2.32. The standard InChI is InChI=1S/C20H26N2O3S/c1-5-17(14-7-12-18(23-3)19(13-14)24-4)22-20(26)21-15-8-10-16(11-9-15)25-6-2/h7-13,17H,5-6H2,1-4H3,(H2,21,22,26). The Bertz CT molecular complexity index is 719. The number of benzene rings is 2. The van der Waals surface area contributed by atoms with E-state index < -0.39 is 0 Å². The largest absolute Gasteiger partial charge is 0.494 e. The van der Waals surface area contributed by atoms with Crippen molar-refractivity contribution in [2.75, 3.05) is 26.1 Å². The maximum Gasteiger partial charge on any atom is 0.171 e. The van der Waals surface area contributed by atoms with Crippen LogP contribution < -0.4 is 24.8 Å². The molecular weight excluding hydrogens is 348 g/mol. The van der Waals surface area contributed by atoms with Crippen LogP contribution in [0.1, 0.15) is 31.9 Å². The first-order valence-electron chi connectivity index (χ1n) is 8.63. The predicted molar refractivity (Wildman–Crippen MR) is 110 cm³/mol. The normalized spacial score (nSPS) is 11.4. The Morgan fingerprint density at radius 2 is 1.69 bits per heavy atom. The number of thiocarbonyl (C=S) groups is 1. The molecule has 2 aromatic rings. The van der Waals surface area contributed by atoms with Gasteiger partial charge in [-0.2, -0.15) is 0 Å². The quantitative estimate of drug-likeness (QED) is 0.662. The van der Waals surface area contributed by atoms with E-state index in [0.29, 0.717) is 23.2 Å². The summed E-state index contributed by atoms with van der Waals surface area (Å²) in [6.07, 6.45) is 0.876. The van der Waals surface area contributed by atoms with Crippen LogP contribution in [0.3, 0.4) is 0 Å². The maximum absolute atomic E-state index is 5.46. The van der Waals surface area contributed by atoms with Gasteiger partial charge in [-0.15, -0.1) is 0 Å². The zero-order chi connectivity index (χ0) is 18.9. The number of anilines is 1. The van der Waals surface area contributed by atoms with Gasteiger partial charge in [0.25, 0.3) is 0 Å². The lowest BCUT2D eigenvalue weighted by Gasteiger charge is -2.21. The molecule has 0 heterocycles. The van der Waals surface area contributed by atoms with Gasteiger partial charge >= 0.3 is 0 Å². The summed E-state index contributed by atoms with van der Waals surface area (Å²) < 4.78 is 16.1. The lowest BCUT2D eigenvalue weighted by atomic mass is 10.0. The monoisotopic (exact) mass is 374 g/mol. The third-order valence-electron chi connectivity index (χ3n) is 3.95. The van der Waals surface area contributed by atoms with Gasteiger partial charge in [0.2, 0.25) is 0 Å². The molecule has 0 fully saturated rings. The van der Waals surface area contributed by atoms with Gasteiger partial charge in [-0.1, -0.05) is 13.0 Å². The Kier molecular flexibility index (Phi) is 7.53. The van der Waals surface area contributed by atoms with E-state index in [1.807, 2.05) is 49.4 Å². The zero-order valence-electron chi connectivity index (χ0n) is 15.7. The Hall–Kier alpha value is -2.47. The minimum Gasteiger partial charge on any atom is -0.494 e. The minimum atomic E-state index is 0.0671. The number of hydrogen-bond acceptors (Lipinski definition) is 4. The van der Waals surface area contributed by atoms with E-state index in [2.05, 4.69) is 17.6 Å². The van der Waals surface area contributed by atoms with Crippen molar-refractivity contribution in [3.05, 3.63) is 48.0 Å². The van der Waals surface area contributed by atoms with Crippen molar-refractivity contribution in [3.8, 4) is 17.2 Å². The number of nitrogens with one attached hydrogen (secondary N) is 2. The highest BCUT2D eigenvalue weighted by molar-refractivity contribution is 7.80. The summed E-state index contributed by atoms with van der Waals surface area (Å²) in [5, 5.41) is 7.12. The van der Waals surface area contributed by atoms with E-state index >= 15 is 0 Å². The molecule has 0 spiro atoms. The van der Waals surface area contributed by atoms with Gasteiger partial charge in [0.05, 0.1) is 26.9 Å². The van der Waals surface area contributed by atoms with Crippen LogP contribution in [0.2, 0.25) is 0 Å². The highest BCUT2D eigenvalue weighted by atomic mass is 32.1. The second kappa shape index (κ2) is 9.87. The Morgan fingerprint density at radius 1 is 1.00 bits per heavy atom. The summed E-state index contributed by atoms with van der Waals surface area (Å²) in [5.41, 5.74) is 1.99. The molecule has 0 saturated heterocycles. The van der Waals surface area contributed by atoms with Crippen LogP contribution in [-0.4, -0.2) is 25.9 Å². The summed E-state index contributed by atoms with van der Waals surface area (Å²) in [5.74, 6) is 2.26. The van der Waals surface area contributed by atoms with Crippen molar-refractivity contribution >= 4 is 23.0 Å². The third-order valence-corrected chi connectivity index (χ3v) is 4.17. The maximum atomic E-state index is 5.46. The van der Waals surface area contributed by atoms with Crippen molar-refractivity contribution in [1.29, 1.82) is 0 Å². The second-order valence-electron chi connectivity index (χ2n) is 5.63. The summed E-state index contributed by atoms with van der Waals surface area (Å²) in [6, 6.07) is 13.7. The summed E-state index contributed by atoms with van der Waals surface area (Å²) >= 11 is 5.46. The van der Waals surface area contributed by atoms with Crippen molar-refractivity contribution in [2.24, 2.45) is 0 Å². The summed E-state index contributed by atoms with van der Waals surface area (Å²) in [4.78, 5) is 0. The van der Waals surface area contributed by atoms with Gasteiger partial charge < -0.3 is 24.8 Å². The van der Waals surface area contributed by atoms with Crippen LogP contribution in [0.4, 0.5) is 5.69 Å². The van der Waals surface area contributed by atoms with E-state index in [-0.39, 0.29) is 6.04 Å². The van der Waals surface area contributed by atoms with Gasteiger partial charge in [0.15, 0.2) is 16.6 Å². The zero-order valence-corrected chi connectivity index (χ0v) is 16.5. The first-order valence-corrected chi connectivity index (χ1v) is 9.04. The molecule has 0 aliphatic heterocycles. The minimum absolute atomic E-state index is 0.0671. The lowest BCUT2D eigenvalue weighted by molar-refractivity contribution is 0.340. The molecule has 2 aromatic carbocycles. The fraction of sp³-hybridized carbons (Fsp3) is 0.350. The molecule has 0 saturated carbocycles. The van der Waals surface area contributed by atoms with Crippen LogP contribution in [0.5, 0.6) is 17.2 Å². The van der Waals surface area contributed by atoms with Crippen LogP contribution in [0, 0.1) is 0 Å². The fourth-order valence-electron chi connectivity index (χ4n) is 2.62. The molecule has 0 aromatic heterocycles. The molecule has 0 amide bonds. The van der Waals surface area contributed by atoms with Gasteiger partial charge in [-0.3, -0.25) is 0 Å². The molecule has 5 nitrogen and oxygen atoms in total. The topological polar surface area (TPSA) is 51.8 Å². The molecule has 6 heteroatoms. The molecule has 140 valence electrons. The van der Waals surface area contributed by atoms with Gasteiger partial charge in [-0.25, -0.2) is 0 Å². The van der Waals surface area contributed by atoms with E-state index in [1.165, 1.54) is 0 Å². The van der Waals surface area contributed by atoms with Crippen LogP contribution in [-0.2, 0) is 0 Å². The molecule has 0 aliphatic rings. The molecule has 2 rings (SSSR count). The van der Waals surface area contributed by atoms with Crippen LogP contribution in [0.25, 0.3) is 0 Å². The number of rotatable bonds is 8. The van der Waals surface area contributed by atoms with Crippen LogP contribution >= 0.6 is 12.2 Å². The molecule has 0 radical (unpaired) electrons. The van der Waals surface area contributed by atoms with E-state index in [9.17, 15) is 0 Å². The first kappa shape index (κ1) is 19.8. The smallest absolute Gasteiger partial charge is 0.171 e. The van der Waals surface area contributed by atoms with E-state index in [4.69, 9.17) is 26.4 Å². The number of methoxy groups -OCH3 is 2. The number of hydrogen-bond donors (Lipinski definition) is 2. The highest BCUT2D eigenvalue weighted by Crippen LogP contribution is 2.30. The Morgan fingerprint density at radius 3 is 2.27 bits per heavy atom. The highest BCUT2D eigenvalue weighted by Gasteiger charge is 2.14. The molecule has 0 aliphatic carbocycles. The van der Waals surface area contributed by atoms with Crippen molar-refractivity contribution in [2.45, 2.75) is 26.3 Å². The predicted octanol–water partition coefficient (Wildman–Crippen LogP) is 4.54. The second-order valence-corrected chi connectivity index (χ2v) is 6.04.